The predicted octanol–water partition coefficient (Wildman–Crippen LogP) is 3.45. The van der Waals surface area contributed by atoms with Crippen LogP contribution in [0.5, 0.6) is 0 Å². The molecule has 0 N–H and O–H groups in total. The maximum atomic E-state index is 14.1. The summed E-state index contributed by atoms with van der Waals surface area (Å²) >= 11 is 0. The van der Waals surface area contributed by atoms with Crippen molar-refractivity contribution in [3.8, 4) is 5.69 Å². The Hall–Kier alpha value is -5.16. The largest absolute Gasteiger partial charge is 0.462 e. The summed E-state index contributed by atoms with van der Waals surface area (Å²) in [6.45, 7) is 1.34. The average molecular weight is 602 g/mol. The van der Waals surface area contributed by atoms with E-state index in [-0.39, 0.29) is 16.0 Å². The number of carbonyl (C=O) groups excluding carboxylic acids is 1. The smallest absolute Gasteiger partial charge is 0.343 e. The molecule has 4 rings (SSSR count). The van der Waals surface area contributed by atoms with Gasteiger partial charge in [0.25, 0.3) is 31.4 Å². The molecule has 0 radical (unpaired) electrons. The third kappa shape index (κ3) is 5.48. The number of anilines is 1. The van der Waals surface area contributed by atoms with Gasteiger partial charge in [-0.25, -0.2) is 9.48 Å². The number of sulfonamides is 2. The summed E-state index contributed by atoms with van der Waals surface area (Å²) in [5.74, 6) is -1.83. The van der Waals surface area contributed by atoms with Gasteiger partial charge in [-0.2, -0.15) is 21.9 Å². The molecule has 0 fully saturated rings. The van der Waals surface area contributed by atoms with Crippen LogP contribution in [0, 0.1) is 20.2 Å². The second kappa shape index (κ2) is 11.1. The molecule has 3 aromatic carbocycles. The number of nitro groups is 2. The number of carbonyl (C=O) groups is 1. The van der Waals surface area contributed by atoms with Crippen molar-refractivity contribution < 1.29 is 36.2 Å². The molecule has 0 atom stereocenters. The summed E-state index contributed by atoms with van der Waals surface area (Å²) in [6, 6.07) is 14.5. The zero-order chi connectivity index (χ0) is 29.9. The van der Waals surface area contributed by atoms with E-state index in [1.54, 1.807) is 18.2 Å². The van der Waals surface area contributed by atoms with Crippen LogP contribution >= 0.6 is 0 Å². The first-order chi connectivity index (χ1) is 19.4. The van der Waals surface area contributed by atoms with Gasteiger partial charge in [-0.1, -0.05) is 18.2 Å². The Labute approximate surface area is 232 Å². The van der Waals surface area contributed by atoms with Crippen LogP contribution in [0.3, 0.4) is 0 Å². The number of esters is 1. The zero-order valence-corrected chi connectivity index (χ0v) is 22.6. The molecule has 0 unspecified atom stereocenters. The van der Waals surface area contributed by atoms with Crippen LogP contribution in [-0.4, -0.2) is 49.0 Å². The van der Waals surface area contributed by atoms with E-state index in [0.29, 0.717) is 0 Å². The molecule has 0 spiro atoms. The number of benzene rings is 3. The molecule has 1 heterocycles. The standard InChI is InChI=1S/C24H19N5O10S2/c1-2-39-24(30)22-16-25-26(17-6-4-3-5-7-17)23(22)29(40(35,36)20-12-8-18(9-13-20)27(31)32)41(37,38)21-14-10-19(11-15-21)28(33)34/h3-16H,2H2,1H3. The summed E-state index contributed by atoms with van der Waals surface area (Å²) in [5, 5.41) is 26.3. The summed E-state index contributed by atoms with van der Waals surface area (Å²) in [6.07, 6.45) is 0.935. The Morgan fingerprint density at radius 1 is 0.829 bits per heavy atom. The Balaban J connectivity index is 2.07. The molecule has 1 aromatic heterocycles. The molecular weight excluding hydrogens is 582 g/mol. The Morgan fingerprint density at radius 2 is 1.29 bits per heavy atom. The first-order valence-corrected chi connectivity index (χ1v) is 14.4. The molecule has 4 aromatic rings. The van der Waals surface area contributed by atoms with Gasteiger partial charge in [-0.05, 0) is 43.3 Å². The van der Waals surface area contributed by atoms with Gasteiger partial charge in [0.2, 0.25) is 0 Å². The number of nitro benzene ring substituents is 2. The fourth-order valence-electron chi connectivity index (χ4n) is 3.66. The van der Waals surface area contributed by atoms with Crippen molar-refractivity contribution in [3.63, 3.8) is 0 Å². The van der Waals surface area contributed by atoms with Crippen molar-refractivity contribution >= 4 is 43.2 Å². The molecule has 41 heavy (non-hydrogen) atoms. The van der Waals surface area contributed by atoms with Crippen LogP contribution in [0.15, 0.2) is 94.9 Å². The van der Waals surface area contributed by atoms with Crippen LogP contribution in [0.25, 0.3) is 5.69 Å². The molecule has 0 aliphatic rings. The van der Waals surface area contributed by atoms with Gasteiger partial charge in [0.1, 0.15) is 5.56 Å². The van der Waals surface area contributed by atoms with Crippen molar-refractivity contribution in [1.82, 2.24) is 9.78 Å². The fourth-order valence-corrected chi connectivity index (χ4v) is 7.36. The molecule has 0 bridgehead atoms. The van der Waals surface area contributed by atoms with E-state index in [4.69, 9.17) is 4.74 Å². The lowest BCUT2D eigenvalue weighted by molar-refractivity contribution is -0.385. The summed E-state index contributed by atoms with van der Waals surface area (Å²) in [7, 11) is -10.4. The van der Waals surface area contributed by atoms with Gasteiger partial charge in [-0.3, -0.25) is 20.2 Å². The molecule has 0 saturated heterocycles. The first kappa shape index (κ1) is 28.8. The molecule has 17 heteroatoms. The average Bonchev–Trinajstić information content (AvgIpc) is 3.37. The zero-order valence-electron chi connectivity index (χ0n) is 20.9. The number of non-ortho nitro benzene ring substituents is 2. The molecule has 0 amide bonds. The monoisotopic (exact) mass is 601 g/mol. The topological polar surface area (TPSA) is 202 Å². The van der Waals surface area contributed by atoms with E-state index in [2.05, 4.69) is 5.10 Å². The quantitative estimate of drug-likeness (QED) is 0.146. The highest BCUT2D eigenvalue weighted by Crippen LogP contribution is 2.36. The van der Waals surface area contributed by atoms with Crippen LogP contribution in [-0.2, 0) is 24.8 Å². The maximum absolute atomic E-state index is 14.1. The second-order valence-corrected chi connectivity index (χ2v) is 11.9. The molecule has 0 aliphatic carbocycles. The first-order valence-electron chi connectivity index (χ1n) is 11.5. The number of hydrogen-bond donors (Lipinski definition) is 0. The molecule has 15 nitrogen and oxygen atoms in total. The maximum Gasteiger partial charge on any atom is 0.343 e. The van der Waals surface area contributed by atoms with Gasteiger partial charge < -0.3 is 4.74 Å². The van der Waals surface area contributed by atoms with Crippen molar-refractivity contribution in [2.75, 3.05) is 10.3 Å². The highest BCUT2D eigenvalue weighted by molar-refractivity contribution is 8.10. The summed E-state index contributed by atoms with van der Waals surface area (Å²) < 4.78 is 62.3. The van der Waals surface area contributed by atoms with Crippen molar-refractivity contribution in [2.45, 2.75) is 16.7 Å². The lowest BCUT2D eigenvalue weighted by Gasteiger charge is -2.25. The van der Waals surface area contributed by atoms with Gasteiger partial charge in [-0.15, -0.1) is 3.71 Å². The van der Waals surface area contributed by atoms with E-state index in [9.17, 15) is 41.9 Å². The van der Waals surface area contributed by atoms with Crippen LogP contribution < -0.4 is 3.71 Å². The fraction of sp³-hybridized carbons (Fsp3) is 0.0833. The van der Waals surface area contributed by atoms with Crippen LogP contribution in [0.4, 0.5) is 17.2 Å². The third-order valence-corrected chi connectivity index (χ3v) is 9.67. The van der Waals surface area contributed by atoms with Gasteiger partial charge >= 0.3 is 5.97 Å². The Morgan fingerprint density at radius 3 is 1.71 bits per heavy atom. The molecule has 212 valence electrons. The molecular formula is C24H19N5O10S2. The lowest BCUT2D eigenvalue weighted by Crippen LogP contribution is -2.39. The van der Waals surface area contributed by atoms with Crippen LogP contribution in [0.1, 0.15) is 17.3 Å². The van der Waals surface area contributed by atoms with Crippen LogP contribution in [0.2, 0.25) is 0 Å². The number of para-hydroxylation sites is 1. The van der Waals surface area contributed by atoms with Crippen molar-refractivity contribution in [2.24, 2.45) is 0 Å². The Bertz CT molecular complexity index is 1750. The van der Waals surface area contributed by atoms with E-state index in [1.807, 2.05) is 0 Å². The van der Waals surface area contributed by atoms with E-state index >= 15 is 0 Å². The SMILES string of the molecule is CCOC(=O)c1cnn(-c2ccccc2)c1N(S(=O)(=O)c1ccc([N+](=O)[O-])cc1)S(=O)(=O)c1ccc([N+](=O)[O-])cc1. The number of ether oxygens (including phenoxy) is 1. The van der Waals surface area contributed by atoms with E-state index in [1.165, 1.54) is 19.1 Å². The normalized spacial score (nSPS) is 11.5. The predicted molar refractivity (Wildman–Crippen MR) is 143 cm³/mol. The minimum Gasteiger partial charge on any atom is -0.462 e. The number of aromatic nitrogens is 2. The number of nitrogens with zero attached hydrogens (tertiary/aromatic N) is 5. The van der Waals surface area contributed by atoms with Gasteiger partial charge in [0.15, 0.2) is 5.82 Å². The van der Waals surface area contributed by atoms with E-state index in [0.717, 1.165) is 59.4 Å². The van der Waals surface area contributed by atoms with Crippen molar-refractivity contribution in [1.29, 1.82) is 0 Å². The highest BCUT2D eigenvalue weighted by atomic mass is 32.3. The molecule has 0 aliphatic heterocycles. The van der Waals surface area contributed by atoms with Crippen molar-refractivity contribution in [3.05, 3.63) is 111 Å². The van der Waals surface area contributed by atoms with E-state index < -0.39 is 68.4 Å². The molecule has 0 saturated carbocycles. The lowest BCUT2D eigenvalue weighted by atomic mass is 10.3. The number of hydrogen-bond acceptors (Lipinski definition) is 11. The second-order valence-electron chi connectivity index (χ2n) is 8.06. The Kier molecular flexibility index (Phi) is 7.84. The number of rotatable bonds is 10. The highest BCUT2D eigenvalue weighted by Gasteiger charge is 2.42. The van der Waals surface area contributed by atoms with Gasteiger partial charge in [0, 0.05) is 24.3 Å². The summed E-state index contributed by atoms with van der Waals surface area (Å²) in [5.41, 5.74) is -1.29. The third-order valence-electron chi connectivity index (χ3n) is 5.54. The minimum atomic E-state index is -5.18. The summed E-state index contributed by atoms with van der Waals surface area (Å²) in [4.78, 5) is 32.3. The minimum absolute atomic E-state index is 0.0470. The van der Waals surface area contributed by atoms with Gasteiger partial charge in [0.05, 0.1) is 38.1 Å².